The molecular formula is C14H18FN3O2. The van der Waals surface area contributed by atoms with E-state index in [0.29, 0.717) is 12.4 Å². The molecule has 1 aromatic carbocycles. The van der Waals surface area contributed by atoms with Gasteiger partial charge in [-0.05, 0) is 19.1 Å². The van der Waals surface area contributed by atoms with E-state index < -0.39 is 0 Å². The monoisotopic (exact) mass is 279 g/mol. The topological polar surface area (TPSA) is 48.3 Å². The number of nitrogens with one attached hydrogen (secondary N) is 1. The maximum atomic E-state index is 13.3. The summed E-state index contributed by atoms with van der Waals surface area (Å²) in [4.78, 5) is 0. The molecule has 0 saturated carbocycles. The van der Waals surface area contributed by atoms with E-state index in [1.54, 1.807) is 23.9 Å². The lowest BCUT2D eigenvalue weighted by molar-refractivity contribution is 0.369. The van der Waals surface area contributed by atoms with Gasteiger partial charge in [-0.3, -0.25) is 0 Å². The Bertz CT molecular complexity index is 611. The summed E-state index contributed by atoms with van der Waals surface area (Å²) < 4.78 is 25.3. The van der Waals surface area contributed by atoms with Gasteiger partial charge in [-0.2, -0.15) is 5.10 Å². The molecule has 6 heteroatoms. The second kappa shape index (κ2) is 5.81. The summed E-state index contributed by atoms with van der Waals surface area (Å²) in [6, 6.07) is 4.65. The van der Waals surface area contributed by atoms with Crippen molar-refractivity contribution < 1.29 is 13.9 Å². The summed E-state index contributed by atoms with van der Waals surface area (Å²) in [5.41, 5.74) is 2.64. The van der Waals surface area contributed by atoms with E-state index in [4.69, 9.17) is 9.47 Å². The Kier molecular flexibility index (Phi) is 4.12. The number of aryl methyl sites for hydroxylation is 2. The molecule has 0 aliphatic rings. The van der Waals surface area contributed by atoms with Gasteiger partial charge in [0.2, 0.25) is 5.88 Å². The van der Waals surface area contributed by atoms with Crippen molar-refractivity contribution in [3.8, 4) is 11.6 Å². The number of nitrogens with zero attached hydrogens (tertiary/aromatic N) is 2. The number of hydrogen-bond acceptors (Lipinski definition) is 4. The van der Waals surface area contributed by atoms with Crippen LogP contribution >= 0.6 is 0 Å². The van der Waals surface area contributed by atoms with Gasteiger partial charge in [-0.25, -0.2) is 9.07 Å². The number of benzene rings is 1. The van der Waals surface area contributed by atoms with Crippen molar-refractivity contribution in [1.29, 1.82) is 0 Å². The van der Waals surface area contributed by atoms with Gasteiger partial charge in [-0.1, -0.05) is 0 Å². The Morgan fingerprint density at radius 1 is 1.30 bits per heavy atom. The molecule has 0 aliphatic heterocycles. The predicted molar refractivity (Wildman–Crippen MR) is 74.8 cm³/mol. The lowest BCUT2D eigenvalue weighted by Crippen LogP contribution is -2.03. The summed E-state index contributed by atoms with van der Waals surface area (Å²) in [7, 11) is 4.88. The second-order valence-corrected chi connectivity index (χ2v) is 4.40. The molecular weight excluding hydrogens is 261 g/mol. The largest absolute Gasteiger partial charge is 0.494 e. The van der Waals surface area contributed by atoms with Crippen molar-refractivity contribution in [1.82, 2.24) is 9.78 Å². The third kappa shape index (κ3) is 2.68. The van der Waals surface area contributed by atoms with Gasteiger partial charge in [0, 0.05) is 25.3 Å². The Morgan fingerprint density at radius 3 is 2.70 bits per heavy atom. The van der Waals surface area contributed by atoms with Crippen molar-refractivity contribution in [3.63, 3.8) is 0 Å². The van der Waals surface area contributed by atoms with E-state index in [1.165, 1.54) is 13.2 Å². The SMILES string of the molecule is COc1cc(NCc2c(C)nn(C)c2OC)ccc1F. The van der Waals surface area contributed by atoms with Crippen LogP contribution in [0.4, 0.5) is 10.1 Å². The number of rotatable bonds is 5. The number of hydrogen-bond donors (Lipinski definition) is 1. The van der Waals surface area contributed by atoms with Crippen LogP contribution in [0.2, 0.25) is 0 Å². The zero-order valence-electron chi connectivity index (χ0n) is 12.0. The number of ether oxygens (including phenoxy) is 2. The second-order valence-electron chi connectivity index (χ2n) is 4.40. The van der Waals surface area contributed by atoms with E-state index in [9.17, 15) is 4.39 Å². The quantitative estimate of drug-likeness (QED) is 0.913. The third-order valence-corrected chi connectivity index (χ3v) is 3.10. The maximum absolute atomic E-state index is 13.3. The van der Waals surface area contributed by atoms with E-state index in [1.807, 2.05) is 14.0 Å². The molecule has 1 aromatic heterocycles. The molecule has 1 heterocycles. The highest BCUT2D eigenvalue weighted by Crippen LogP contribution is 2.25. The van der Waals surface area contributed by atoms with E-state index in [0.717, 1.165) is 16.9 Å². The number of aromatic nitrogens is 2. The van der Waals surface area contributed by atoms with Crippen molar-refractivity contribution in [2.24, 2.45) is 7.05 Å². The fourth-order valence-electron chi connectivity index (χ4n) is 2.10. The molecule has 0 atom stereocenters. The Labute approximate surface area is 117 Å². The van der Waals surface area contributed by atoms with E-state index in [-0.39, 0.29) is 11.6 Å². The summed E-state index contributed by atoms with van der Waals surface area (Å²) >= 11 is 0. The summed E-state index contributed by atoms with van der Waals surface area (Å²) in [5.74, 6) is 0.544. The standard InChI is InChI=1S/C14H18FN3O2/c1-9-11(14(20-4)18(2)17-9)8-16-10-5-6-12(15)13(7-10)19-3/h5-7,16H,8H2,1-4H3. The van der Waals surface area contributed by atoms with Gasteiger partial charge in [0.25, 0.3) is 0 Å². The fourth-order valence-corrected chi connectivity index (χ4v) is 2.10. The molecule has 0 fully saturated rings. The summed E-state index contributed by atoms with van der Waals surface area (Å²) in [5, 5.41) is 7.52. The van der Waals surface area contributed by atoms with Crippen LogP contribution in [-0.4, -0.2) is 24.0 Å². The maximum Gasteiger partial charge on any atom is 0.216 e. The molecule has 20 heavy (non-hydrogen) atoms. The van der Waals surface area contributed by atoms with Crippen LogP contribution in [0.1, 0.15) is 11.3 Å². The highest BCUT2D eigenvalue weighted by Gasteiger charge is 2.13. The van der Waals surface area contributed by atoms with Gasteiger partial charge >= 0.3 is 0 Å². The predicted octanol–water partition coefficient (Wildman–Crippen LogP) is 2.50. The molecule has 0 spiro atoms. The lowest BCUT2D eigenvalue weighted by Gasteiger charge is -2.10. The van der Waals surface area contributed by atoms with Crippen LogP contribution in [-0.2, 0) is 13.6 Å². The van der Waals surface area contributed by atoms with Crippen LogP contribution in [0, 0.1) is 12.7 Å². The highest BCUT2D eigenvalue weighted by molar-refractivity contribution is 5.50. The van der Waals surface area contributed by atoms with Crippen molar-refractivity contribution >= 4 is 5.69 Å². The molecule has 0 radical (unpaired) electrons. The molecule has 2 rings (SSSR count). The number of halogens is 1. The minimum atomic E-state index is -0.381. The normalized spacial score (nSPS) is 10.4. The molecule has 0 amide bonds. The zero-order chi connectivity index (χ0) is 14.7. The Balaban J connectivity index is 2.17. The highest BCUT2D eigenvalue weighted by atomic mass is 19.1. The third-order valence-electron chi connectivity index (χ3n) is 3.10. The van der Waals surface area contributed by atoms with E-state index >= 15 is 0 Å². The van der Waals surface area contributed by atoms with E-state index in [2.05, 4.69) is 10.4 Å². The zero-order valence-corrected chi connectivity index (χ0v) is 12.0. The molecule has 0 saturated heterocycles. The number of methoxy groups -OCH3 is 2. The molecule has 0 aliphatic carbocycles. The molecule has 0 bridgehead atoms. The van der Waals surface area contributed by atoms with Gasteiger partial charge < -0.3 is 14.8 Å². The Hall–Kier alpha value is -2.24. The smallest absolute Gasteiger partial charge is 0.216 e. The molecule has 0 unspecified atom stereocenters. The minimum absolute atomic E-state index is 0.213. The van der Waals surface area contributed by atoms with Crippen LogP contribution in [0.3, 0.4) is 0 Å². The minimum Gasteiger partial charge on any atom is -0.494 e. The first kappa shape index (κ1) is 14.2. The van der Waals surface area contributed by atoms with Gasteiger partial charge in [0.1, 0.15) is 0 Å². The summed E-state index contributed by atoms with van der Waals surface area (Å²) in [6.45, 7) is 2.46. The fraction of sp³-hybridized carbons (Fsp3) is 0.357. The Morgan fingerprint density at radius 2 is 2.05 bits per heavy atom. The van der Waals surface area contributed by atoms with Crippen LogP contribution in [0.25, 0.3) is 0 Å². The molecule has 2 aromatic rings. The van der Waals surface area contributed by atoms with Crippen molar-refractivity contribution in [2.75, 3.05) is 19.5 Å². The lowest BCUT2D eigenvalue weighted by atomic mass is 10.2. The summed E-state index contributed by atoms with van der Waals surface area (Å²) in [6.07, 6.45) is 0. The van der Waals surface area contributed by atoms with Crippen molar-refractivity contribution in [3.05, 3.63) is 35.3 Å². The van der Waals surface area contributed by atoms with Gasteiger partial charge in [0.05, 0.1) is 25.5 Å². The van der Waals surface area contributed by atoms with Crippen LogP contribution in [0.15, 0.2) is 18.2 Å². The molecule has 108 valence electrons. The number of anilines is 1. The average Bonchev–Trinajstić information content (AvgIpc) is 2.71. The first-order valence-electron chi connectivity index (χ1n) is 6.20. The van der Waals surface area contributed by atoms with Crippen LogP contribution in [0.5, 0.6) is 11.6 Å². The van der Waals surface area contributed by atoms with Crippen LogP contribution < -0.4 is 14.8 Å². The first-order chi connectivity index (χ1) is 9.56. The van der Waals surface area contributed by atoms with Gasteiger partial charge in [0.15, 0.2) is 11.6 Å². The molecule has 5 nitrogen and oxygen atoms in total. The van der Waals surface area contributed by atoms with Gasteiger partial charge in [-0.15, -0.1) is 0 Å². The van der Waals surface area contributed by atoms with Crippen molar-refractivity contribution in [2.45, 2.75) is 13.5 Å². The molecule has 1 N–H and O–H groups in total. The average molecular weight is 279 g/mol. The first-order valence-corrected chi connectivity index (χ1v) is 6.20.